The van der Waals surface area contributed by atoms with Gasteiger partial charge in [0.05, 0.1) is 6.20 Å². The first-order valence-electron chi connectivity index (χ1n) is 8.00. The monoisotopic (exact) mass is 376 g/mol. The fourth-order valence-electron chi connectivity index (χ4n) is 3.09. The average molecular weight is 376 g/mol. The summed E-state index contributed by atoms with van der Waals surface area (Å²) in [5, 5.41) is 11.4. The van der Waals surface area contributed by atoms with E-state index in [-0.39, 0.29) is 16.3 Å². The number of rotatable bonds is 4. The minimum absolute atomic E-state index is 0.0679. The zero-order valence-corrected chi connectivity index (χ0v) is 14.7. The number of sulfonamides is 1. The number of carbonyl (C=O) groups is 1. The van der Waals surface area contributed by atoms with Crippen molar-refractivity contribution in [1.82, 2.24) is 24.8 Å². The van der Waals surface area contributed by atoms with E-state index >= 15 is 0 Å². The number of amides is 1. The molecule has 0 radical (unpaired) electrons. The molecule has 1 aromatic carbocycles. The number of nitrogens with one attached hydrogen (secondary N) is 1. The molecule has 10 nitrogen and oxygen atoms in total. The van der Waals surface area contributed by atoms with Gasteiger partial charge in [0, 0.05) is 19.7 Å². The Balaban J connectivity index is 1.63. The number of nitrogens with zero attached hydrogens (tertiary/aromatic N) is 5. The van der Waals surface area contributed by atoms with E-state index in [0.29, 0.717) is 30.7 Å². The number of aryl methyl sites for hydroxylation is 1. The van der Waals surface area contributed by atoms with Crippen LogP contribution in [0.3, 0.4) is 0 Å². The van der Waals surface area contributed by atoms with Crippen LogP contribution in [0.5, 0.6) is 0 Å². The predicted octanol–water partition coefficient (Wildman–Crippen LogP) is 0.430. The lowest BCUT2D eigenvalue weighted by molar-refractivity contribution is -0.121. The Hall–Kier alpha value is -2.79. The maximum absolute atomic E-state index is 12.8. The molecule has 2 aromatic heterocycles. The molecule has 11 heteroatoms. The number of anilines is 1. The highest BCUT2D eigenvalue weighted by Crippen LogP contribution is 2.23. The summed E-state index contributed by atoms with van der Waals surface area (Å²) in [6, 6.07) is 5.41. The molecule has 0 spiro atoms. The molecule has 0 aliphatic carbocycles. The highest BCUT2D eigenvalue weighted by Gasteiger charge is 2.35. The molecule has 1 unspecified atom stereocenters. The Morgan fingerprint density at radius 2 is 2.12 bits per heavy atom. The van der Waals surface area contributed by atoms with Crippen LogP contribution in [0.25, 0.3) is 11.0 Å². The van der Waals surface area contributed by atoms with Crippen LogP contribution < -0.4 is 9.62 Å². The molecule has 1 aliphatic heterocycles. The summed E-state index contributed by atoms with van der Waals surface area (Å²) < 4.78 is 34.3. The molecule has 3 aromatic rings. The molecule has 0 saturated carbocycles. The number of benzene rings is 1. The second-order valence-electron chi connectivity index (χ2n) is 6.01. The summed E-state index contributed by atoms with van der Waals surface area (Å²) >= 11 is 0. The van der Waals surface area contributed by atoms with Crippen molar-refractivity contribution >= 4 is 32.8 Å². The van der Waals surface area contributed by atoms with Gasteiger partial charge in [-0.3, -0.25) is 14.4 Å². The number of aromatic nitrogens is 4. The van der Waals surface area contributed by atoms with E-state index in [0.717, 1.165) is 0 Å². The first-order valence-corrected chi connectivity index (χ1v) is 9.49. The quantitative estimate of drug-likeness (QED) is 0.700. The Labute approximate surface area is 148 Å². The summed E-state index contributed by atoms with van der Waals surface area (Å²) in [7, 11) is -2.24. The van der Waals surface area contributed by atoms with Gasteiger partial charge >= 0.3 is 0 Å². The van der Waals surface area contributed by atoms with E-state index in [2.05, 4.69) is 24.8 Å². The molecule has 1 aliphatic rings. The van der Waals surface area contributed by atoms with Gasteiger partial charge in [-0.25, -0.2) is 13.0 Å². The summed E-state index contributed by atoms with van der Waals surface area (Å²) in [6.45, 7) is 0.513. The smallest absolute Gasteiger partial charge is 0.246 e. The maximum atomic E-state index is 12.8. The van der Waals surface area contributed by atoms with Crippen molar-refractivity contribution < 1.29 is 17.8 Å². The number of piperidine rings is 1. The van der Waals surface area contributed by atoms with Crippen LogP contribution in [0, 0.1) is 0 Å². The van der Waals surface area contributed by atoms with Crippen molar-refractivity contribution in [2.75, 3.05) is 11.4 Å². The minimum Gasteiger partial charge on any atom is -0.296 e. The topological polar surface area (TPSA) is 123 Å². The van der Waals surface area contributed by atoms with Gasteiger partial charge in [-0.1, -0.05) is 6.07 Å². The molecule has 0 bridgehead atoms. The largest absolute Gasteiger partial charge is 0.296 e. The molecule has 26 heavy (non-hydrogen) atoms. The molecule has 136 valence electrons. The molecule has 1 N–H and O–H groups in total. The van der Waals surface area contributed by atoms with Crippen molar-refractivity contribution in [3.8, 4) is 0 Å². The van der Waals surface area contributed by atoms with Crippen LogP contribution >= 0.6 is 0 Å². The number of carbonyl (C=O) groups excluding carboxylic acids is 1. The lowest BCUT2D eigenvalue weighted by Crippen LogP contribution is -2.52. The Bertz CT molecular complexity index is 1070. The Kier molecular flexibility index (Phi) is 3.96. The SMILES string of the molecule is Cn1nccc1N1CCCC(NS(=O)(=O)c2cccc3nonc23)C1=O. The van der Waals surface area contributed by atoms with E-state index in [1.54, 1.807) is 41.0 Å². The van der Waals surface area contributed by atoms with E-state index in [4.69, 9.17) is 0 Å². The summed E-state index contributed by atoms with van der Waals surface area (Å²) in [4.78, 5) is 14.3. The number of hydrogen-bond donors (Lipinski definition) is 1. The third-order valence-electron chi connectivity index (χ3n) is 4.35. The zero-order chi connectivity index (χ0) is 18.3. The molecule has 3 heterocycles. The first kappa shape index (κ1) is 16.7. The molecule has 1 amide bonds. The van der Waals surface area contributed by atoms with Crippen LogP contribution in [0.1, 0.15) is 12.8 Å². The molecule has 1 saturated heterocycles. The van der Waals surface area contributed by atoms with Gasteiger partial charge in [-0.15, -0.1) is 0 Å². The summed E-state index contributed by atoms with van der Waals surface area (Å²) in [6.07, 6.45) is 2.67. The molecule has 1 fully saturated rings. The minimum atomic E-state index is -3.97. The van der Waals surface area contributed by atoms with Gasteiger partial charge in [0.25, 0.3) is 0 Å². The van der Waals surface area contributed by atoms with E-state index < -0.39 is 16.1 Å². The van der Waals surface area contributed by atoms with Crippen molar-refractivity contribution in [2.24, 2.45) is 7.05 Å². The molecule has 4 rings (SSSR count). The molecular weight excluding hydrogens is 360 g/mol. The van der Waals surface area contributed by atoms with Crippen LogP contribution in [0.2, 0.25) is 0 Å². The average Bonchev–Trinajstić information content (AvgIpc) is 3.25. The number of hydrogen-bond acceptors (Lipinski definition) is 7. The van der Waals surface area contributed by atoms with Crippen molar-refractivity contribution in [2.45, 2.75) is 23.8 Å². The Morgan fingerprint density at radius 3 is 2.88 bits per heavy atom. The second kappa shape index (κ2) is 6.18. The summed E-state index contributed by atoms with van der Waals surface area (Å²) in [5.41, 5.74) is 0.464. The highest BCUT2D eigenvalue weighted by molar-refractivity contribution is 7.89. The van der Waals surface area contributed by atoms with Crippen molar-refractivity contribution in [3.63, 3.8) is 0 Å². The normalized spacial score (nSPS) is 18.6. The summed E-state index contributed by atoms with van der Waals surface area (Å²) in [5.74, 6) is 0.315. The van der Waals surface area contributed by atoms with Gasteiger partial charge in [-0.2, -0.15) is 9.82 Å². The highest BCUT2D eigenvalue weighted by atomic mass is 32.2. The zero-order valence-electron chi connectivity index (χ0n) is 13.9. The van der Waals surface area contributed by atoms with Gasteiger partial charge in [0.15, 0.2) is 5.52 Å². The molecular formula is C15H16N6O4S. The van der Waals surface area contributed by atoms with Crippen LogP contribution in [-0.2, 0) is 21.9 Å². The van der Waals surface area contributed by atoms with Crippen molar-refractivity contribution in [1.29, 1.82) is 0 Å². The van der Waals surface area contributed by atoms with Crippen LogP contribution in [0.15, 0.2) is 40.0 Å². The lowest BCUT2D eigenvalue weighted by Gasteiger charge is -2.32. The van der Waals surface area contributed by atoms with Crippen molar-refractivity contribution in [3.05, 3.63) is 30.5 Å². The maximum Gasteiger partial charge on any atom is 0.246 e. The third kappa shape index (κ3) is 2.74. The standard InChI is InChI=1S/C15H16N6O4S/c1-20-13(7-8-16-20)21-9-3-5-11(15(21)22)19-26(23,24)12-6-2-4-10-14(12)18-25-17-10/h2,4,6-8,11,19H,3,5,9H2,1H3. The lowest BCUT2D eigenvalue weighted by atomic mass is 10.1. The van der Waals surface area contributed by atoms with Gasteiger partial charge < -0.3 is 0 Å². The number of fused-ring (bicyclic) bond motifs is 1. The van der Waals surface area contributed by atoms with E-state index in [1.807, 2.05) is 0 Å². The van der Waals surface area contributed by atoms with Crippen LogP contribution in [-0.4, -0.2) is 47.0 Å². The second-order valence-corrected chi connectivity index (χ2v) is 7.69. The van der Waals surface area contributed by atoms with Crippen LogP contribution in [0.4, 0.5) is 5.82 Å². The predicted molar refractivity (Wildman–Crippen MR) is 90.7 cm³/mol. The van der Waals surface area contributed by atoms with E-state index in [9.17, 15) is 13.2 Å². The fourth-order valence-corrected chi connectivity index (χ4v) is 4.47. The van der Waals surface area contributed by atoms with Gasteiger partial charge in [-0.05, 0) is 35.3 Å². The Morgan fingerprint density at radius 1 is 1.27 bits per heavy atom. The third-order valence-corrected chi connectivity index (χ3v) is 5.85. The first-order chi connectivity index (χ1) is 12.5. The van der Waals surface area contributed by atoms with Gasteiger partial charge in [0.1, 0.15) is 22.3 Å². The molecule has 1 atom stereocenters. The fraction of sp³-hybridized carbons (Fsp3) is 0.333. The van der Waals surface area contributed by atoms with Gasteiger partial charge in [0.2, 0.25) is 15.9 Å². The van der Waals surface area contributed by atoms with E-state index in [1.165, 1.54) is 6.07 Å².